The molecule has 1 aromatic carbocycles. The number of halogens is 1. The molecule has 1 aromatic rings. The summed E-state index contributed by atoms with van der Waals surface area (Å²) in [4.78, 5) is 4.83. The molecule has 1 unspecified atom stereocenters. The van der Waals surface area contributed by atoms with Crippen molar-refractivity contribution in [3.8, 4) is 0 Å². The molecule has 0 saturated carbocycles. The molecule has 19 heavy (non-hydrogen) atoms. The van der Waals surface area contributed by atoms with Gasteiger partial charge in [0.25, 0.3) is 0 Å². The number of benzene rings is 1. The van der Waals surface area contributed by atoms with Crippen molar-refractivity contribution in [2.24, 2.45) is 5.73 Å². The van der Waals surface area contributed by atoms with E-state index >= 15 is 0 Å². The van der Waals surface area contributed by atoms with Gasteiger partial charge in [0.1, 0.15) is 4.99 Å². The molecule has 0 aliphatic rings. The number of hydrogen-bond donors (Lipinski definition) is 1. The van der Waals surface area contributed by atoms with E-state index in [4.69, 9.17) is 29.6 Å². The van der Waals surface area contributed by atoms with E-state index in [0.717, 1.165) is 24.3 Å². The van der Waals surface area contributed by atoms with Gasteiger partial charge in [0.05, 0.1) is 5.02 Å². The summed E-state index contributed by atoms with van der Waals surface area (Å²) < 4.78 is 0. The molecule has 3 nitrogen and oxygen atoms in total. The lowest BCUT2D eigenvalue weighted by atomic mass is 10.1. The van der Waals surface area contributed by atoms with E-state index in [1.54, 1.807) is 0 Å². The Morgan fingerprint density at radius 3 is 2.47 bits per heavy atom. The predicted octanol–water partition coefficient (Wildman–Crippen LogP) is 2.75. The van der Waals surface area contributed by atoms with Crippen molar-refractivity contribution in [2.75, 3.05) is 32.1 Å². The first-order valence-corrected chi connectivity index (χ1v) is 7.16. The number of likely N-dealkylation sites (N-methyl/N-ethyl adjacent to an activating group) is 2. The zero-order valence-electron chi connectivity index (χ0n) is 12.0. The molecule has 1 atom stereocenters. The highest BCUT2D eigenvalue weighted by molar-refractivity contribution is 7.80. The molecule has 0 aromatic heterocycles. The summed E-state index contributed by atoms with van der Waals surface area (Å²) in [6.45, 7) is 6.26. The maximum Gasteiger partial charge on any atom is 0.105 e. The molecular weight excluding hydrogens is 278 g/mol. The van der Waals surface area contributed by atoms with Gasteiger partial charge in [0.2, 0.25) is 0 Å². The number of thiocarbonyl (C=S) groups is 1. The normalized spacial score (nSPS) is 12.5. The maximum atomic E-state index is 6.23. The number of hydrogen-bond acceptors (Lipinski definition) is 3. The van der Waals surface area contributed by atoms with Crippen LogP contribution in [0.25, 0.3) is 0 Å². The predicted molar refractivity (Wildman–Crippen MR) is 88.4 cm³/mol. The molecule has 5 heteroatoms. The van der Waals surface area contributed by atoms with Crippen molar-refractivity contribution in [1.82, 2.24) is 4.90 Å². The van der Waals surface area contributed by atoms with E-state index < -0.39 is 0 Å². The molecule has 1 rings (SSSR count). The Kier molecular flexibility index (Phi) is 6.04. The fourth-order valence-electron chi connectivity index (χ4n) is 2.26. The lowest BCUT2D eigenvalue weighted by Gasteiger charge is -2.32. The van der Waals surface area contributed by atoms with Crippen molar-refractivity contribution in [3.63, 3.8) is 0 Å². The Labute approximate surface area is 126 Å². The molecule has 2 N–H and O–H groups in total. The van der Waals surface area contributed by atoms with Crippen LogP contribution in [0.1, 0.15) is 19.4 Å². The van der Waals surface area contributed by atoms with E-state index in [1.165, 1.54) is 0 Å². The van der Waals surface area contributed by atoms with Crippen molar-refractivity contribution < 1.29 is 0 Å². The van der Waals surface area contributed by atoms with Gasteiger partial charge < -0.3 is 15.5 Å². The van der Waals surface area contributed by atoms with Crippen molar-refractivity contribution >= 4 is 34.5 Å². The molecule has 0 spiro atoms. The fourth-order valence-corrected chi connectivity index (χ4v) is 2.77. The van der Waals surface area contributed by atoms with Crippen LogP contribution in [-0.2, 0) is 0 Å². The van der Waals surface area contributed by atoms with Crippen LogP contribution in [0, 0.1) is 0 Å². The van der Waals surface area contributed by atoms with E-state index in [9.17, 15) is 0 Å². The average Bonchev–Trinajstić information content (AvgIpc) is 2.28. The molecule has 0 aliphatic carbocycles. The molecule has 0 aliphatic heterocycles. The van der Waals surface area contributed by atoms with Crippen LogP contribution in [0.5, 0.6) is 0 Å². The third-order valence-electron chi connectivity index (χ3n) is 3.05. The molecule has 0 radical (unpaired) electrons. The summed E-state index contributed by atoms with van der Waals surface area (Å²) >= 11 is 11.2. The molecule has 106 valence electrons. The first-order valence-electron chi connectivity index (χ1n) is 6.37. The number of rotatable bonds is 6. The minimum atomic E-state index is 0.334. The lowest BCUT2D eigenvalue weighted by Crippen LogP contribution is -2.40. The van der Waals surface area contributed by atoms with Crippen LogP contribution < -0.4 is 10.6 Å². The Hall–Kier alpha value is -0.840. The number of nitrogens with two attached hydrogens (primary N) is 1. The second-order valence-electron chi connectivity index (χ2n) is 4.93. The van der Waals surface area contributed by atoms with Crippen LogP contribution in [0.2, 0.25) is 5.02 Å². The minimum Gasteiger partial charge on any atom is -0.389 e. The topological polar surface area (TPSA) is 32.5 Å². The van der Waals surface area contributed by atoms with E-state index in [1.807, 2.05) is 18.2 Å². The van der Waals surface area contributed by atoms with Gasteiger partial charge in [-0.05, 0) is 46.1 Å². The molecule has 0 amide bonds. The standard InChI is InChI=1S/C14H22ClN3S/c1-5-18(10(2)9-17(3)4)11-6-7-12(14(16)19)13(15)8-11/h6-8,10H,5,9H2,1-4H3,(H2,16,19). The van der Waals surface area contributed by atoms with Crippen LogP contribution in [0.4, 0.5) is 5.69 Å². The van der Waals surface area contributed by atoms with Crippen LogP contribution in [0.15, 0.2) is 18.2 Å². The van der Waals surface area contributed by atoms with Crippen molar-refractivity contribution in [1.29, 1.82) is 0 Å². The van der Waals surface area contributed by atoms with Gasteiger partial charge >= 0.3 is 0 Å². The fraction of sp³-hybridized carbons (Fsp3) is 0.500. The Balaban J connectivity index is 2.99. The highest BCUT2D eigenvalue weighted by Crippen LogP contribution is 2.25. The van der Waals surface area contributed by atoms with Crippen LogP contribution in [-0.4, -0.2) is 43.1 Å². The number of nitrogens with zero attached hydrogens (tertiary/aromatic N) is 2. The van der Waals surface area contributed by atoms with Gasteiger partial charge in [-0.25, -0.2) is 0 Å². The largest absolute Gasteiger partial charge is 0.389 e. The summed E-state index contributed by atoms with van der Waals surface area (Å²) in [5, 5.41) is 0.612. The van der Waals surface area contributed by atoms with Gasteiger partial charge in [-0.15, -0.1) is 0 Å². The molecular formula is C14H22ClN3S. The summed E-state index contributed by atoms with van der Waals surface area (Å²) in [7, 11) is 4.15. The molecule has 0 heterocycles. The van der Waals surface area contributed by atoms with Crippen molar-refractivity contribution in [3.05, 3.63) is 28.8 Å². The Morgan fingerprint density at radius 2 is 2.05 bits per heavy atom. The quantitative estimate of drug-likeness (QED) is 0.819. The number of anilines is 1. The Morgan fingerprint density at radius 1 is 1.42 bits per heavy atom. The molecule has 0 saturated heterocycles. The monoisotopic (exact) mass is 299 g/mol. The van der Waals surface area contributed by atoms with Gasteiger partial charge in [-0.2, -0.15) is 0 Å². The smallest absolute Gasteiger partial charge is 0.105 e. The van der Waals surface area contributed by atoms with Gasteiger partial charge in [-0.1, -0.05) is 23.8 Å². The summed E-state index contributed by atoms with van der Waals surface area (Å²) in [6.07, 6.45) is 0. The molecule has 0 fully saturated rings. The van der Waals surface area contributed by atoms with E-state index in [2.05, 4.69) is 37.7 Å². The summed E-state index contributed by atoms with van der Waals surface area (Å²) in [6, 6.07) is 6.26. The summed E-state index contributed by atoms with van der Waals surface area (Å²) in [5.41, 5.74) is 7.46. The zero-order chi connectivity index (χ0) is 14.6. The second kappa shape index (κ2) is 7.08. The van der Waals surface area contributed by atoms with Crippen molar-refractivity contribution in [2.45, 2.75) is 19.9 Å². The summed E-state index contributed by atoms with van der Waals surface area (Å²) in [5.74, 6) is 0. The van der Waals surface area contributed by atoms with E-state index in [-0.39, 0.29) is 0 Å². The molecule has 0 bridgehead atoms. The lowest BCUT2D eigenvalue weighted by molar-refractivity contribution is 0.373. The third-order valence-corrected chi connectivity index (χ3v) is 3.58. The van der Waals surface area contributed by atoms with Gasteiger partial charge in [-0.3, -0.25) is 0 Å². The SMILES string of the molecule is CCN(c1ccc(C(N)=S)c(Cl)c1)C(C)CN(C)C. The van der Waals surface area contributed by atoms with E-state index in [0.29, 0.717) is 16.1 Å². The van der Waals surface area contributed by atoms with Gasteiger partial charge in [0, 0.05) is 30.4 Å². The van der Waals surface area contributed by atoms with Crippen LogP contribution >= 0.6 is 23.8 Å². The third kappa shape index (κ3) is 4.34. The maximum absolute atomic E-state index is 6.23. The first kappa shape index (κ1) is 16.2. The van der Waals surface area contributed by atoms with Crippen LogP contribution in [0.3, 0.4) is 0 Å². The highest BCUT2D eigenvalue weighted by Gasteiger charge is 2.15. The average molecular weight is 300 g/mol. The minimum absolute atomic E-state index is 0.334. The second-order valence-corrected chi connectivity index (χ2v) is 5.77. The first-order chi connectivity index (χ1) is 8.86. The highest BCUT2D eigenvalue weighted by atomic mass is 35.5. The Bertz CT molecular complexity index is 448. The zero-order valence-corrected chi connectivity index (χ0v) is 13.6. The van der Waals surface area contributed by atoms with Gasteiger partial charge in [0.15, 0.2) is 0 Å².